The molecule has 30 heavy (non-hydrogen) atoms. The van der Waals surface area contributed by atoms with E-state index in [1.165, 1.54) is 13.0 Å². The lowest BCUT2D eigenvalue weighted by Crippen LogP contribution is -2.33. The zero-order chi connectivity index (χ0) is 21.3. The highest BCUT2D eigenvalue weighted by atomic mass is 19.4. The van der Waals surface area contributed by atoms with Crippen molar-refractivity contribution in [3.05, 3.63) is 59.9 Å². The number of imidazole rings is 1. The minimum Gasteiger partial charge on any atom is -0.371 e. The summed E-state index contributed by atoms with van der Waals surface area (Å²) in [6, 6.07) is 13.1. The third-order valence-corrected chi connectivity index (χ3v) is 5.51. The number of benzene rings is 2. The Hall–Kier alpha value is -3.03. The molecule has 1 aliphatic heterocycles. The number of amides is 1. The van der Waals surface area contributed by atoms with Crippen LogP contribution in [-0.4, -0.2) is 28.5 Å². The summed E-state index contributed by atoms with van der Waals surface area (Å²) < 4.78 is 41.7. The van der Waals surface area contributed by atoms with E-state index in [2.05, 4.69) is 15.2 Å². The van der Waals surface area contributed by atoms with Crippen molar-refractivity contribution < 1.29 is 18.0 Å². The van der Waals surface area contributed by atoms with Crippen molar-refractivity contribution in [1.82, 2.24) is 14.9 Å². The lowest BCUT2D eigenvalue weighted by atomic mass is 10.1. The van der Waals surface area contributed by atoms with Gasteiger partial charge in [-0.25, -0.2) is 4.98 Å². The molecule has 1 amide bonds. The minimum atomic E-state index is -4.66. The van der Waals surface area contributed by atoms with Crippen molar-refractivity contribution in [3.63, 3.8) is 0 Å². The number of carbonyl (C=O) groups excluding carboxylic acids is 1. The first-order valence-corrected chi connectivity index (χ1v) is 10.0. The smallest absolute Gasteiger partial charge is 0.371 e. The number of rotatable bonds is 5. The summed E-state index contributed by atoms with van der Waals surface area (Å²) in [6.45, 7) is 3.66. The van der Waals surface area contributed by atoms with E-state index in [1.54, 1.807) is 18.2 Å². The summed E-state index contributed by atoms with van der Waals surface area (Å²) in [5.74, 6) is -1.55. The molecule has 8 heteroatoms. The van der Waals surface area contributed by atoms with Crippen LogP contribution in [0.4, 0.5) is 18.9 Å². The lowest BCUT2D eigenvalue weighted by Gasteiger charge is -2.22. The summed E-state index contributed by atoms with van der Waals surface area (Å²) in [7, 11) is 0. The van der Waals surface area contributed by atoms with Gasteiger partial charge in [0, 0.05) is 25.3 Å². The van der Waals surface area contributed by atoms with Crippen molar-refractivity contribution in [2.24, 2.45) is 0 Å². The van der Waals surface area contributed by atoms with E-state index in [-0.39, 0.29) is 17.6 Å². The van der Waals surface area contributed by atoms with E-state index >= 15 is 0 Å². The van der Waals surface area contributed by atoms with Gasteiger partial charge in [-0.05, 0) is 43.5 Å². The number of alkyl halides is 3. The van der Waals surface area contributed by atoms with E-state index in [1.807, 2.05) is 24.3 Å². The lowest BCUT2D eigenvalue weighted by molar-refractivity contribution is -0.148. The van der Waals surface area contributed by atoms with Gasteiger partial charge in [-0.15, -0.1) is 0 Å². The predicted octanol–water partition coefficient (Wildman–Crippen LogP) is 4.53. The molecule has 1 N–H and O–H groups in total. The highest BCUT2D eigenvalue weighted by Gasteiger charge is 2.39. The molecule has 5 nitrogen and oxygen atoms in total. The van der Waals surface area contributed by atoms with E-state index in [0.717, 1.165) is 41.7 Å². The molecule has 0 spiro atoms. The first-order chi connectivity index (χ1) is 14.4. The molecule has 1 unspecified atom stereocenters. The molecular weight excluding hydrogens is 393 g/mol. The van der Waals surface area contributed by atoms with Crippen LogP contribution in [0.1, 0.15) is 37.2 Å². The fourth-order valence-corrected chi connectivity index (χ4v) is 4.01. The van der Waals surface area contributed by atoms with Crippen molar-refractivity contribution in [1.29, 1.82) is 0 Å². The van der Waals surface area contributed by atoms with Crippen molar-refractivity contribution in [2.45, 2.75) is 38.5 Å². The number of para-hydroxylation sites is 3. The van der Waals surface area contributed by atoms with E-state index in [0.29, 0.717) is 0 Å². The molecule has 1 aliphatic rings. The zero-order valence-corrected chi connectivity index (χ0v) is 16.6. The number of hydrogen-bond acceptors (Lipinski definition) is 3. The molecule has 1 fully saturated rings. The first kappa shape index (κ1) is 20.3. The van der Waals surface area contributed by atoms with Gasteiger partial charge >= 0.3 is 6.18 Å². The van der Waals surface area contributed by atoms with Crippen LogP contribution in [0.3, 0.4) is 0 Å². The van der Waals surface area contributed by atoms with Gasteiger partial charge in [0.25, 0.3) is 0 Å². The van der Waals surface area contributed by atoms with Crippen molar-refractivity contribution >= 4 is 22.6 Å². The Balaban J connectivity index is 1.57. The maximum Gasteiger partial charge on any atom is 0.449 e. The van der Waals surface area contributed by atoms with Gasteiger partial charge in [0.15, 0.2) is 0 Å². The first-order valence-electron chi connectivity index (χ1n) is 10.0. The largest absolute Gasteiger partial charge is 0.449 e. The van der Waals surface area contributed by atoms with Crippen LogP contribution >= 0.6 is 0 Å². The number of hydrogen-bond donors (Lipinski definition) is 1. The summed E-state index contributed by atoms with van der Waals surface area (Å²) in [4.78, 5) is 18.8. The Morgan fingerprint density at radius 3 is 2.50 bits per heavy atom. The fourth-order valence-electron chi connectivity index (χ4n) is 4.01. The highest BCUT2D eigenvalue weighted by molar-refractivity contribution is 5.84. The van der Waals surface area contributed by atoms with E-state index in [4.69, 9.17) is 0 Å². The SMILES string of the molecule is CC(C(=O)NCc1ccccc1N1CCCC1)n1c(C(F)(F)F)nc2ccccc21. The summed E-state index contributed by atoms with van der Waals surface area (Å²) in [6.07, 6.45) is -2.40. The molecule has 0 saturated carbocycles. The maximum atomic E-state index is 13.6. The van der Waals surface area contributed by atoms with Gasteiger partial charge in [0.05, 0.1) is 11.0 Å². The van der Waals surface area contributed by atoms with Gasteiger partial charge in [-0.3, -0.25) is 4.79 Å². The van der Waals surface area contributed by atoms with Crippen molar-refractivity contribution in [2.75, 3.05) is 18.0 Å². The third kappa shape index (κ3) is 3.86. The molecule has 0 aliphatic carbocycles. The maximum absolute atomic E-state index is 13.6. The van der Waals surface area contributed by atoms with E-state index in [9.17, 15) is 18.0 Å². The normalized spacial score (nSPS) is 15.5. The second-order valence-corrected chi connectivity index (χ2v) is 7.51. The van der Waals surface area contributed by atoms with Crippen LogP contribution in [0.15, 0.2) is 48.5 Å². The Labute approximate surface area is 172 Å². The predicted molar refractivity (Wildman–Crippen MR) is 109 cm³/mol. The third-order valence-electron chi connectivity index (χ3n) is 5.51. The van der Waals surface area contributed by atoms with Gasteiger partial charge in [0.2, 0.25) is 11.7 Å². The Kier molecular flexibility index (Phi) is 5.40. The number of aromatic nitrogens is 2. The van der Waals surface area contributed by atoms with Gasteiger partial charge < -0.3 is 14.8 Å². The monoisotopic (exact) mass is 416 g/mol. The minimum absolute atomic E-state index is 0.212. The standard InChI is InChI=1S/C22H23F3N4O/c1-15(29-19-11-5-3-9-17(19)27-21(29)22(23,24)25)20(30)26-14-16-8-2-4-10-18(16)28-12-6-7-13-28/h2-5,8-11,15H,6-7,12-14H2,1H3,(H,26,30). The summed E-state index contributed by atoms with van der Waals surface area (Å²) in [5.41, 5.74) is 2.51. The molecule has 158 valence electrons. The van der Waals surface area contributed by atoms with Crippen LogP contribution in [0.2, 0.25) is 0 Å². The van der Waals surface area contributed by atoms with Crippen LogP contribution < -0.4 is 10.2 Å². The van der Waals surface area contributed by atoms with Gasteiger partial charge in [-0.2, -0.15) is 13.2 Å². The zero-order valence-electron chi connectivity index (χ0n) is 16.6. The molecule has 1 atom stereocenters. The topological polar surface area (TPSA) is 50.2 Å². The number of carbonyl (C=O) groups is 1. The molecule has 2 aromatic carbocycles. The molecule has 2 heterocycles. The molecule has 4 rings (SSSR count). The van der Waals surface area contributed by atoms with Gasteiger partial charge in [0.1, 0.15) is 6.04 Å². The molecule has 3 aromatic rings. The average molecular weight is 416 g/mol. The summed E-state index contributed by atoms with van der Waals surface area (Å²) in [5, 5.41) is 2.81. The molecule has 1 saturated heterocycles. The Morgan fingerprint density at radius 1 is 1.10 bits per heavy atom. The molecule has 0 radical (unpaired) electrons. The number of nitrogens with one attached hydrogen (secondary N) is 1. The number of fused-ring (bicyclic) bond motifs is 1. The fraction of sp³-hybridized carbons (Fsp3) is 0.364. The van der Waals surface area contributed by atoms with E-state index < -0.39 is 23.9 Å². The Morgan fingerprint density at radius 2 is 1.77 bits per heavy atom. The van der Waals surface area contributed by atoms with Gasteiger partial charge in [-0.1, -0.05) is 30.3 Å². The van der Waals surface area contributed by atoms with Crippen LogP contribution in [0, 0.1) is 0 Å². The van der Waals surface area contributed by atoms with Crippen LogP contribution in [0.25, 0.3) is 11.0 Å². The second-order valence-electron chi connectivity index (χ2n) is 7.51. The average Bonchev–Trinajstić information content (AvgIpc) is 3.39. The van der Waals surface area contributed by atoms with Crippen LogP contribution in [-0.2, 0) is 17.5 Å². The van der Waals surface area contributed by atoms with Crippen molar-refractivity contribution in [3.8, 4) is 0 Å². The molecular formula is C22H23F3N4O. The van der Waals surface area contributed by atoms with Crippen LogP contribution in [0.5, 0.6) is 0 Å². The number of halogens is 3. The molecule has 1 aromatic heterocycles. The number of anilines is 1. The highest BCUT2D eigenvalue weighted by Crippen LogP contribution is 2.34. The summed E-state index contributed by atoms with van der Waals surface area (Å²) >= 11 is 0. The second kappa shape index (κ2) is 8.01. The quantitative estimate of drug-likeness (QED) is 0.665. The number of nitrogens with zero attached hydrogens (tertiary/aromatic N) is 3. The Bertz CT molecular complexity index is 1050. The molecule has 0 bridgehead atoms.